The molecule has 3 heterocycles. The van der Waals surface area contributed by atoms with Gasteiger partial charge in [0.1, 0.15) is 23.9 Å². The van der Waals surface area contributed by atoms with Crippen molar-refractivity contribution in [1.29, 1.82) is 0 Å². The lowest BCUT2D eigenvalue weighted by Gasteiger charge is -2.30. The van der Waals surface area contributed by atoms with Gasteiger partial charge in [0.2, 0.25) is 11.8 Å². The maximum Gasteiger partial charge on any atom is 0.528 e. The van der Waals surface area contributed by atoms with Crippen LogP contribution < -0.4 is 14.8 Å². The molecular formula is C21H29N5O5. The average molecular weight is 431 g/mol. The van der Waals surface area contributed by atoms with Crippen molar-refractivity contribution in [2.75, 3.05) is 25.5 Å². The van der Waals surface area contributed by atoms with E-state index in [-0.39, 0.29) is 6.10 Å². The highest BCUT2D eigenvalue weighted by molar-refractivity contribution is 5.60. The summed E-state index contributed by atoms with van der Waals surface area (Å²) in [6.07, 6.45) is 2.10. The van der Waals surface area contributed by atoms with Gasteiger partial charge in [0, 0.05) is 38.1 Å². The third-order valence-electron chi connectivity index (χ3n) is 4.46. The molecule has 10 heteroatoms. The third kappa shape index (κ3) is 6.95. The minimum atomic E-state index is -0.693. The lowest BCUT2D eigenvalue weighted by atomic mass is 10.1. The Morgan fingerprint density at radius 2 is 1.90 bits per heavy atom. The van der Waals surface area contributed by atoms with Crippen molar-refractivity contribution in [3.8, 4) is 11.8 Å². The number of aromatic nitrogens is 3. The van der Waals surface area contributed by atoms with E-state index in [0.29, 0.717) is 43.5 Å². The summed E-state index contributed by atoms with van der Waals surface area (Å²) in [7, 11) is 1.58. The molecule has 0 aliphatic carbocycles. The van der Waals surface area contributed by atoms with Crippen molar-refractivity contribution < 1.29 is 23.8 Å². The van der Waals surface area contributed by atoms with Gasteiger partial charge in [-0.2, -0.15) is 0 Å². The second kappa shape index (κ2) is 9.78. The largest absolute Gasteiger partial charge is 0.528 e. The van der Waals surface area contributed by atoms with E-state index < -0.39 is 11.8 Å². The second-order valence-electron chi connectivity index (χ2n) is 8.16. The molecule has 1 aliphatic heterocycles. The van der Waals surface area contributed by atoms with Crippen molar-refractivity contribution in [1.82, 2.24) is 20.0 Å². The summed E-state index contributed by atoms with van der Waals surface area (Å²) in [5.74, 6) is 1.63. The molecule has 3 rings (SSSR count). The van der Waals surface area contributed by atoms with Gasteiger partial charge in [-0.3, -0.25) is 0 Å². The Kier molecular flexibility index (Phi) is 7.11. The summed E-state index contributed by atoms with van der Waals surface area (Å²) < 4.78 is 16.3. The number of aryl methyl sites for hydroxylation is 1. The molecule has 0 aromatic carbocycles. The van der Waals surface area contributed by atoms with Crippen LogP contribution in [0.4, 0.5) is 16.3 Å². The standard InChI is InChI=1S/C21H29N5O5/c1-14-16(6-7-18(24-14)28-5)25-17-12-19(23-13-22-17)29-15-8-10-26(11-9-15)31-20(27)30-21(2,3)4/h6-7,12-13,15H,8-11H2,1-5H3,(H,22,23,25). The summed E-state index contributed by atoms with van der Waals surface area (Å²) in [6, 6.07) is 5.40. The molecule has 0 amide bonds. The van der Waals surface area contributed by atoms with Gasteiger partial charge >= 0.3 is 6.16 Å². The summed E-state index contributed by atoms with van der Waals surface area (Å²) in [4.78, 5) is 29.8. The fourth-order valence-corrected chi connectivity index (χ4v) is 2.98. The Balaban J connectivity index is 1.51. The van der Waals surface area contributed by atoms with Crippen LogP contribution >= 0.6 is 0 Å². The zero-order valence-corrected chi connectivity index (χ0v) is 18.5. The smallest absolute Gasteiger partial charge is 0.481 e. The molecule has 2 aromatic rings. The van der Waals surface area contributed by atoms with E-state index in [2.05, 4.69) is 20.3 Å². The summed E-state index contributed by atoms with van der Waals surface area (Å²) >= 11 is 0. The van der Waals surface area contributed by atoms with Crippen LogP contribution in [0.1, 0.15) is 39.3 Å². The maximum atomic E-state index is 11.8. The quantitative estimate of drug-likeness (QED) is 0.681. The predicted octanol–water partition coefficient (Wildman–Crippen LogP) is 3.64. The van der Waals surface area contributed by atoms with E-state index in [9.17, 15) is 4.79 Å². The molecule has 0 unspecified atom stereocenters. The van der Waals surface area contributed by atoms with E-state index in [4.69, 9.17) is 19.0 Å². The number of nitrogens with one attached hydrogen (secondary N) is 1. The fourth-order valence-electron chi connectivity index (χ4n) is 2.98. The van der Waals surface area contributed by atoms with Gasteiger partial charge in [0.05, 0.1) is 18.5 Å². The van der Waals surface area contributed by atoms with Gasteiger partial charge in [-0.05, 0) is 33.8 Å². The zero-order chi connectivity index (χ0) is 22.4. The van der Waals surface area contributed by atoms with Crippen LogP contribution in [0.25, 0.3) is 0 Å². The first-order chi connectivity index (χ1) is 14.7. The molecule has 31 heavy (non-hydrogen) atoms. The predicted molar refractivity (Wildman–Crippen MR) is 113 cm³/mol. The van der Waals surface area contributed by atoms with E-state index in [1.165, 1.54) is 6.33 Å². The Morgan fingerprint density at radius 3 is 2.55 bits per heavy atom. The van der Waals surface area contributed by atoms with Crippen LogP contribution in [0.15, 0.2) is 24.5 Å². The molecule has 0 radical (unpaired) electrons. The molecule has 0 bridgehead atoms. The number of hydroxylamine groups is 2. The Bertz CT molecular complexity index is 894. The van der Waals surface area contributed by atoms with Gasteiger partial charge in [0.15, 0.2) is 0 Å². The first-order valence-corrected chi connectivity index (χ1v) is 10.1. The first-order valence-electron chi connectivity index (χ1n) is 10.1. The molecule has 1 fully saturated rings. The fraction of sp³-hybridized carbons (Fsp3) is 0.524. The van der Waals surface area contributed by atoms with Crippen molar-refractivity contribution in [2.24, 2.45) is 0 Å². The minimum absolute atomic E-state index is 0.0365. The molecule has 1 saturated heterocycles. The molecule has 168 valence electrons. The first kappa shape index (κ1) is 22.5. The maximum absolute atomic E-state index is 11.8. The number of anilines is 2. The lowest BCUT2D eigenvalue weighted by Crippen LogP contribution is -2.40. The number of ether oxygens (including phenoxy) is 3. The topological polar surface area (TPSA) is 108 Å². The summed E-state index contributed by atoms with van der Waals surface area (Å²) in [5, 5.41) is 4.82. The van der Waals surface area contributed by atoms with E-state index in [1.807, 2.05) is 13.0 Å². The van der Waals surface area contributed by atoms with Crippen molar-refractivity contribution in [3.63, 3.8) is 0 Å². The number of pyridine rings is 1. The molecule has 1 aliphatic rings. The number of carbonyl (C=O) groups is 1. The van der Waals surface area contributed by atoms with Crippen LogP contribution in [-0.2, 0) is 9.57 Å². The molecule has 0 saturated carbocycles. The zero-order valence-electron chi connectivity index (χ0n) is 18.5. The van der Waals surface area contributed by atoms with Crippen molar-refractivity contribution in [3.05, 3.63) is 30.2 Å². The normalized spacial score (nSPS) is 15.3. The van der Waals surface area contributed by atoms with E-state index >= 15 is 0 Å². The van der Waals surface area contributed by atoms with Crippen LogP contribution in [0.5, 0.6) is 11.8 Å². The van der Waals surface area contributed by atoms with Crippen molar-refractivity contribution >= 4 is 17.7 Å². The van der Waals surface area contributed by atoms with E-state index in [0.717, 1.165) is 11.4 Å². The number of methoxy groups -OCH3 is 1. The van der Waals surface area contributed by atoms with Gasteiger partial charge in [-0.15, -0.1) is 5.06 Å². The Morgan fingerprint density at radius 1 is 1.16 bits per heavy atom. The molecule has 10 nitrogen and oxygen atoms in total. The average Bonchev–Trinajstić information content (AvgIpc) is 2.70. The number of rotatable bonds is 6. The van der Waals surface area contributed by atoms with Crippen molar-refractivity contribution in [2.45, 2.75) is 52.2 Å². The minimum Gasteiger partial charge on any atom is -0.481 e. The van der Waals surface area contributed by atoms with Crippen LogP contribution in [0.2, 0.25) is 0 Å². The molecule has 2 aromatic heterocycles. The molecule has 1 N–H and O–H groups in total. The monoisotopic (exact) mass is 431 g/mol. The van der Waals surface area contributed by atoms with E-state index in [1.54, 1.807) is 45.1 Å². The SMILES string of the molecule is COc1ccc(Nc2cc(OC3CCN(OC(=O)OC(C)(C)C)CC3)ncn2)c(C)n1. The highest BCUT2D eigenvalue weighted by Gasteiger charge is 2.26. The lowest BCUT2D eigenvalue weighted by molar-refractivity contribution is -0.159. The Hall–Kier alpha value is -3.14. The van der Waals surface area contributed by atoms with Gasteiger partial charge < -0.3 is 24.4 Å². The third-order valence-corrected chi connectivity index (χ3v) is 4.46. The number of piperidine rings is 1. The highest BCUT2D eigenvalue weighted by Crippen LogP contribution is 2.24. The van der Waals surface area contributed by atoms with Gasteiger partial charge in [-0.25, -0.2) is 19.7 Å². The molecule has 0 atom stereocenters. The summed E-state index contributed by atoms with van der Waals surface area (Å²) in [6.45, 7) is 8.38. The second-order valence-corrected chi connectivity index (χ2v) is 8.16. The molecular weight excluding hydrogens is 402 g/mol. The Labute approximate surface area is 181 Å². The van der Waals surface area contributed by atoms with Crippen LogP contribution in [0.3, 0.4) is 0 Å². The number of carbonyl (C=O) groups excluding carboxylic acids is 1. The summed E-state index contributed by atoms with van der Waals surface area (Å²) in [5.41, 5.74) is 1.02. The highest BCUT2D eigenvalue weighted by atomic mass is 16.8. The van der Waals surface area contributed by atoms with Crippen LogP contribution in [0, 0.1) is 6.92 Å². The number of hydrogen-bond donors (Lipinski definition) is 1. The van der Waals surface area contributed by atoms with Crippen LogP contribution in [-0.4, -0.2) is 58.1 Å². The number of nitrogens with zero attached hydrogens (tertiary/aromatic N) is 4. The number of hydrogen-bond acceptors (Lipinski definition) is 10. The van der Waals surface area contributed by atoms with Gasteiger partial charge in [-0.1, -0.05) is 0 Å². The molecule has 0 spiro atoms. The van der Waals surface area contributed by atoms with Gasteiger partial charge in [0.25, 0.3) is 0 Å².